The third kappa shape index (κ3) is 3.15. The second kappa shape index (κ2) is 5.94. The molecule has 0 saturated carbocycles. The van der Waals surface area contributed by atoms with Crippen LogP contribution >= 0.6 is 0 Å². The number of benzene rings is 2. The van der Waals surface area contributed by atoms with Crippen molar-refractivity contribution in [2.24, 2.45) is 0 Å². The lowest BCUT2D eigenvalue weighted by Crippen LogP contribution is -2.03. The average molecular weight is 238 g/mol. The number of Topliss-reactive ketones (excluding diaryl/α,β-unsaturated/α-hetero) is 1. The number of hydrogen-bond donors (Lipinski definition) is 1. The van der Waals surface area contributed by atoms with Gasteiger partial charge in [-0.3, -0.25) is 4.79 Å². The number of hydrogen-bond acceptors (Lipinski definition) is 2. The molecule has 2 aromatic carbocycles. The van der Waals surface area contributed by atoms with Gasteiger partial charge in [0.2, 0.25) is 0 Å². The van der Waals surface area contributed by atoms with E-state index < -0.39 is 6.61 Å². The van der Waals surface area contributed by atoms with Gasteiger partial charge in [-0.25, -0.2) is 0 Å². The van der Waals surface area contributed by atoms with Crippen LogP contribution in [0.5, 0.6) is 0 Å². The molecule has 90 valence electrons. The highest BCUT2D eigenvalue weighted by Gasteiger charge is 2.01. The Hall–Kier alpha value is -2.19. The summed E-state index contributed by atoms with van der Waals surface area (Å²) in [6.07, 6.45) is 4.01. The first-order valence-electron chi connectivity index (χ1n) is 5.77. The van der Waals surface area contributed by atoms with E-state index in [-0.39, 0.29) is 5.78 Å². The molecular weight excluding hydrogens is 224 g/mol. The Morgan fingerprint density at radius 2 is 1.44 bits per heavy atom. The van der Waals surface area contributed by atoms with Gasteiger partial charge in [-0.05, 0) is 11.1 Å². The van der Waals surface area contributed by atoms with E-state index in [4.69, 9.17) is 5.11 Å². The monoisotopic (exact) mass is 238 g/mol. The fourth-order valence-electron chi connectivity index (χ4n) is 1.63. The van der Waals surface area contributed by atoms with Crippen LogP contribution in [0, 0.1) is 0 Å². The number of aliphatic hydroxyl groups excluding tert-OH is 1. The van der Waals surface area contributed by atoms with Crippen LogP contribution in [0.15, 0.2) is 54.6 Å². The van der Waals surface area contributed by atoms with Gasteiger partial charge in [0.15, 0.2) is 5.78 Å². The maximum absolute atomic E-state index is 11.2. The quantitative estimate of drug-likeness (QED) is 0.656. The van der Waals surface area contributed by atoms with Crippen molar-refractivity contribution in [1.29, 1.82) is 0 Å². The largest absolute Gasteiger partial charge is 0.388 e. The van der Waals surface area contributed by atoms with Crippen LogP contribution in [-0.2, 0) is 0 Å². The van der Waals surface area contributed by atoms with Gasteiger partial charge < -0.3 is 5.11 Å². The number of aliphatic hydroxyl groups is 1. The van der Waals surface area contributed by atoms with Gasteiger partial charge in [-0.15, -0.1) is 0 Å². The van der Waals surface area contributed by atoms with E-state index in [9.17, 15) is 4.79 Å². The summed E-state index contributed by atoms with van der Waals surface area (Å²) in [5, 5.41) is 8.75. The maximum atomic E-state index is 11.2. The predicted octanol–water partition coefficient (Wildman–Crippen LogP) is 3.03. The number of carbonyl (C=O) groups excluding carboxylic acids is 1. The van der Waals surface area contributed by atoms with Crippen molar-refractivity contribution in [3.63, 3.8) is 0 Å². The summed E-state index contributed by atoms with van der Waals surface area (Å²) in [5.41, 5.74) is 2.69. The van der Waals surface area contributed by atoms with Gasteiger partial charge in [-0.2, -0.15) is 0 Å². The van der Waals surface area contributed by atoms with Crippen LogP contribution in [0.4, 0.5) is 0 Å². The first kappa shape index (κ1) is 12.3. The molecule has 2 aromatic rings. The van der Waals surface area contributed by atoms with E-state index in [0.29, 0.717) is 5.56 Å². The fraction of sp³-hybridized carbons (Fsp3) is 0.0625. The SMILES string of the molecule is O=C(CO)c1ccc(/C=C\c2ccccc2)cc1. The maximum Gasteiger partial charge on any atom is 0.188 e. The van der Waals surface area contributed by atoms with Crippen LogP contribution < -0.4 is 0 Å². The molecule has 0 unspecified atom stereocenters. The Morgan fingerprint density at radius 1 is 0.889 bits per heavy atom. The minimum Gasteiger partial charge on any atom is -0.388 e. The molecule has 0 aliphatic carbocycles. The van der Waals surface area contributed by atoms with Crippen LogP contribution in [0.2, 0.25) is 0 Å². The zero-order valence-electron chi connectivity index (χ0n) is 9.91. The first-order valence-corrected chi connectivity index (χ1v) is 5.77. The van der Waals surface area contributed by atoms with Crippen molar-refractivity contribution in [2.45, 2.75) is 0 Å². The highest BCUT2D eigenvalue weighted by molar-refractivity contribution is 5.97. The molecular formula is C16H14O2. The molecule has 0 heterocycles. The predicted molar refractivity (Wildman–Crippen MR) is 73.2 cm³/mol. The van der Waals surface area contributed by atoms with Crippen LogP contribution in [0.3, 0.4) is 0 Å². The molecule has 0 radical (unpaired) electrons. The van der Waals surface area contributed by atoms with E-state index in [1.807, 2.05) is 54.6 Å². The van der Waals surface area contributed by atoms with Crippen molar-refractivity contribution in [3.8, 4) is 0 Å². The van der Waals surface area contributed by atoms with Gasteiger partial charge in [0.1, 0.15) is 6.61 Å². The second-order valence-electron chi connectivity index (χ2n) is 3.95. The van der Waals surface area contributed by atoms with Crippen molar-refractivity contribution >= 4 is 17.9 Å². The molecule has 2 rings (SSSR count). The Morgan fingerprint density at radius 3 is 2.00 bits per heavy atom. The first-order chi connectivity index (χ1) is 8.79. The Kier molecular flexibility index (Phi) is 4.05. The summed E-state index contributed by atoms with van der Waals surface area (Å²) in [6.45, 7) is -0.445. The average Bonchev–Trinajstić information content (AvgIpc) is 2.46. The minimum atomic E-state index is -0.445. The highest BCUT2D eigenvalue weighted by Crippen LogP contribution is 2.10. The standard InChI is InChI=1S/C16H14O2/c17-12-16(18)15-10-8-14(9-11-15)7-6-13-4-2-1-3-5-13/h1-11,17H,12H2/b7-6-. The molecule has 0 aliphatic rings. The smallest absolute Gasteiger partial charge is 0.188 e. The van der Waals surface area contributed by atoms with E-state index in [1.54, 1.807) is 12.1 Å². The van der Waals surface area contributed by atoms with Crippen molar-refractivity contribution in [3.05, 3.63) is 71.3 Å². The van der Waals surface area contributed by atoms with Gasteiger partial charge in [-0.1, -0.05) is 66.7 Å². The Bertz CT molecular complexity index is 539. The van der Waals surface area contributed by atoms with Crippen LogP contribution in [-0.4, -0.2) is 17.5 Å². The lowest BCUT2D eigenvalue weighted by molar-refractivity contribution is 0.0904. The highest BCUT2D eigenvalue weighted by atomic mass is 16.3. The number of carbonyl (C=O) groups is 1. The molecule has 0 fully saturated rings. The molecule has 1 N–H and O–H groups in total. The Labute approximate surface area is 106 Å². The molecule has 2 heteroatoms. The summed E-state index contributed by atoms with van der Waals surface area (Å²) >= 11 is 0. The molecule has 0 spiro atoms. The summed E-state index contributed by atoms with van der Waals surface area (Å²) < 4.78 is 0. The van der Waals surface area contributed by atoms with Crippen LogP contribution in [0.1, 0.15) is 21.5 Å². The molecule has 18 heavy (non-hydrogen) atoms. The lowest BCUT2D eigenvalue weighted by atomic mass is 10.1. The summed E-state index contributed by atoms with van der Waals surface area (Å²) in [5.74, 6) is -0.256. The molecule has 0 bridgehead atoms. The lowest BCUT2D eigenvalue weighted by Gasteiger charge is -1.98. The zero-order chi connectivity index (χ0) is 12.8. The minimum absolute atomic E-state index is 0.256. The van der Waals surface area contributed by atoms with Gasteiger partial charge >= 0.3 is 0 Å². The topological polar surface area (TPSA) is 37.3 Å². The Balaban J connectivity index is 2.11. The molecule has 0 aliphatic heterocycles. The van der Waals surface area contributed by atoms with Gasteiger partial charge in [0.05, 0.1) is 0 Å². The summed E-state index contributed by atoms with van der Waals surface area (Å²) in [4.78, 5) is 11.2. The third-order valence-corrected chi connectivity index (χ3v) is 2.64. The molecule has 0 aromatic heterocycles. The van der Waals surface area contributed by atoms with E-state index in [0.717, 1.165) is 11.1 Å². The number of ketones is 1. The van der Waals surface area contributed by atoms with E-state index >= 15 is 0 Å². The molecule has 0 saturated heterocycles. The van der Waals surface area contributed by atoms with Crippen molar-refractivity contribution in [2.75, 3.05) is 6.61 Å². The summed E-state index contributed by atoms with van der Waals surface area (Å²) in [7, 11) is 0. The van der Waals surface area contributed by atoms with E-state index in [2.05, 4.69) is 0 Å². The zero-order valence-corrected chi connectivity index (χ0v) is 9.91. The molecule has 0 amide bonds. The second-order valence-corrected chi connectivity index (χ2v) is 3.95. The van der Waals surface area contributed by atoms with E-state index in [1.165, 1.54) is 0 Å². The summed E-state index contributed by atoms with van der Waals surface area (Å²) in [6, 6.07) is 17.2. The van der Waals surface area contributed by atoms with Gasteiger partial charge in [0.25, 0.3) is 0 Å². The molecule has 0 atom stereocenters. The van der Waals surface area contributed by atoms with Crippen molar-refractivity contribution in [1.82, 2.24) is 0 Å². The van der Waals surface area contributed by atoms with Crippen LogP contribution in [0.25, 0.3) is 12.2 Å². The van der Waals surface area contributed by atoms with Crippen molar-refractivity contribution < 1.29 is 9.90 Å². The third-order valence-electron chi connectivity index (χ3n) is 2.64. The molecule has 2 nitrogen and oxygen atoms in total. The fourth-order valence-corrected chi connectivity index (χ4v) is 1.63. The number of rotatable bonds is 4. The van der Waals surface area contributed by atoms with Gasteiger partial charge in [0, 0.05) is 5.56 Å². The normalized spacial score (nSPS) is 10.7.